The maximum atomic E-state index is 14.1. The lowest BCUT2D eigenvalue weighted by atomic mass is 9.79. The van der Waals surface area contributed by atoms with Crippen LogP contribution in [0, 0.1) is 47.0 Å². The van der Waals surface area contributed by atoms with Gasteiger partial charge < -0.3 is 44.5 Å². The summed E-state index contributed by atoms with van der Waals surface area (Å²) in [5, 5.41) is 41.7. The molecule has 72 heavy (non-hydrogen) atoms. The van der Waals surface area contributed by atoms with Gasteiger partial charge in [-0.1, -0.05) is 20.8 Å². The third-order valence-corrected chi connectivity index (χ3v) is 15.3. The number of carbonyl (C=O) groups is 5. The number of rotatable bonds is 13. The molecule has 16 nitrogen and oxygen atoms in total. The number of phenols is 2. The summed E-state index contributed by atoms with van der Waals surface area (Å²) in [5.41, 5.74) is 2.66. The molecule has 4 N–H and O–H groups in total. The summed E-state index contributed by atoms with van der Waals surface area (Å²) in [6.45, 7) is 26.7. The van der Waals surface area contributed by atoms with E-state index < -0.39 is 51.5 Å². The van der Waals surface area contributed by atoms with E-state index in [9.17, 15) is 39.3 Å². The number of ether oxygens (including phenoxy) is 4. The van der Waals surface area contributed by atoms with Crippen LogP contribution in [0.2, 0.25) is 0 Å². The van der Waals surface area contributed by atoms with E-state index in [1.165, 1.54) is 5.01 Å². The first-order valence-electron chi connectivity index (χ1n) is 24.7. The highest BCUT2D eigenvalue weighted by Gasteiger charge is 2.47. The Labute approximate surface area is 422 Å². The van der Waals surface area contributed by atoms with Crippen molar-refractivity contribution in [2.45, 2.75) is 153 Å². The quantitative estimate of drug-likeness (QED) is 0.0931. The molecule has 3 heterocycles. The first kappa shape index (κ1) is 53.0. The number of hydrogen-bond acceptors (Lipinski definition) is 14. The molecule has 3 aliphatic heterocycles. The number of phenolic OH excluding ortho intramolecular Hbond substituents is 2. The van der Waals surface area contributed by atoms with Crippen LogP contribution in [-0.2, 0) is 46.3 Å². The Kier molecular flexibility index (Phi) is 14.0. The summed E-state index contributed by atoms with van der Waals surface area (Å²) >= 11 is 0. The second-order valence-corrected chi connectivity index (χ2v) is 21.7. The van der Waals surface area contributed by atoms with Crippen molar-refractivity contribution in [2.75, 3.05) is 36.5 Å². The number of fused-ring (bicyclic) bond motifs is 2. The van der Waals surface area contributed by atoms with Crippen molar-refractivity contribution in [3.05, 3.63) is 85.2 Å². The topological polar surface area (TPSA) is 214 Å². The zero-order valence-corrected chi connectivity index (χ0v) is 44.5. The lowest BCUT2D eigenvalue weighted by Crippen LogP contribution is -2.47. The number of carbonyl (C=O) groups excluding carboxylic acids is 5. The number of anilines is 2. The van der Waals surface area contributed by atoms with Crippen LogP contribution in [0.4, 0.5) is 11.4 Å². The van der Waals surface area contributed by atoms with Crippen molar-refractivity contribution < 1.29 is 58.2 Å². The van der Waals surface area contributed by atoms with Crippen LogP contribution in [0.25, 0.3) is 5.57 Å². The molecule has 0 bridgehead atoms. The Morgan fingerprint density at radius 1 is 0.736 bits per heavy atom. The number of aliphatic hydroxyl groups excluding tert-OH is 1. The average molecular weight is 991 g/mol. The van der Waals surface area contributed by atoms with Gasteiger partial charge in [-0.25, -0.2) is 14.6 Å². The number of hydrazone groups is 1. The van der Waals surface area contributed by atoms with Crippen LogP contribution in [0.1, 0.15) is 132 Å². The molecule has 0 spiro atoms. The predicted octanol–water partition coefficient (Wildman–Crippen LogP) is 8.95. The maximum Gasteiger partial charge on any atom is 0.350 e. The molecule has 0 fully saturated rings. The molecule has 3 aromatic carbocycles. The number of esters is 2. The summed E-state index contributed by atoms with van der Waals surface area (Å²) in [7, 11) is 0. The molecule has 0 saturated heterocycles. The van der Waals surface area contributed by atoms with Gasteiger partial charge in [-0.15, -0.1) is 0 Å². The van der Waals surface area contributed by atoms with E-state index in [4.69, 9.17) is 18.9 Å². The SMILES string of the molecule is CCC(C)(C)C(=O)Nc1cc(N(CCOC(=O)C2(C)CCc3c(C)c(O)c(C)c(C)c3O2)CCOC(=O)C2(C)CCc3c(C)c(O)c(C)c(C)c3O2)ccc1C1=C(O)C(=C2C(=O)N(C(C)(C)C)N=C2C)C1=O. The molecule has 2 unspecified atom stereocenters. The molecule has 2 atom stereocenters. The Morgan fingerprint density at radius 3 is 1.65 bits per heavy atom. The van der Waals surface area contributed by atoms with Gasteiger partial charge in [0.15, 0.2) is 0 Å². The molecule has 386 valence electrons. The van der Waals surface area contributed by atoms with Gasteiger partial charge in [0, 0.05) is 40.6 Å². The highest BCUT2D eigenvalue weighted by Crippen LogP contribution is 2.47. The second-order valence-electron chi connectivity index (χ2n) is 21.7. The number of benzene rings is 3. The number of ketones is 1. The van der Waals surface area contributed by atoms with Crippen LogP contribution in [0.5, 0.6) is 23.0 Å². The first-order chi connectivity index (χ1) is 33.5. The lowest BCUT2D eigenvalue weighted by molar-refractivity contribution is -0.162. The van der Waals surface area contributed by atoms with Gasteiger partial charge in [-0.2, -0.15) is 5.10 Å². The van der Waals surface area contributed by atoms with Gasteiger partial charge in [0.2, 0.25) is 22.9 Å². The molecule has 7 rings (SSSR count). The Morgan fingerprint density at radius 2 is 1.22 bits per heavy atom. The summed E-state index contributed by atoms with van der Waals surface area (Å²) in [6, 6.07) is 4.92. The van der Waals surface area contributed by atoms with Gasteiger partial charge >= 0.3 is 11.9 Å². The third kappa shape index (κ3) is 9.17. The zero-order chi connectivity index (χ0) is 53.3. The van der Waals surface area contributed by atoms with Crippen molar-refractivity contribution in [1.29, 1.82) is 0 Å². The average Bonchev–Trinajstić information content (AvgIpc) is 3.63. The number of amides is 2. The summed E-state index contributed by atoms with van der Waals surface area (Å²) < 4.78 is 24.7. The van der Waals surface area contributed by atoms with E-state index in [1.807, 2.05) is 60.3 Å². The molecule has 0 radical (unpaired) electrons. The molecular weight excluding hydrogens is 921 g/mol. The molecule has 0 aromatic heterocycles. The molecule has 0 saturated carbocycles. The van der Waals surface area contributed by atoms with Crippen LogP contribution in [0.15, 0.2) is 40.2 Å². The number of nitrogens with one attached hydrogen (secondary N) is 1. The van der Waals surface area contributed by atoms with E-state index >= 15 is 0 Å². The van der Waals surface area contributed by atoms with E-state index in [2.05, 4.69) is 10.4 Å². The molecule has 2 amide bonds. The van der Waals surface area contributed by atoms with Crippen molar-refractivity contribution >= 4 is 52.2 Å². The van der Waals surface area contributed by atoms with Gasteiger partial charge in [-0.05, 0) is 154 Å². The van der Waals surface area contributed by atoms with E-state index in [0.717, 1.165) is 22.3 Å². The molecule has 1 aliphatic carbocycles. The lowest BCUT2D eigenvalue weighted by Gasteiger charge is -2.36. The maximum absolute atomic E-state index is 14.1. The van der Waals surface area contributed by atoms with Crippen molar-refractivity contribution in [3.63, 3.8) is 0 Å². The predicted molar refractivity (Wildman–Crippen MR) is 274 cm³/mol. The van der Waals surface area contributed by atoms with E-state index in [0.29, 0.717) is 77.3 Å². The summed E-state index contributed by atoms with van der Waals surface area (Å²) in [6.07, 6.45) is 2.06. The van der Waals surface area contributed by atoms with Gasteiger partial charge in [-0.3, -0.25) is 14.4 Å². The number of hydrogen-bond donors (Lipinski definition) is 4. The van der Waals surface area contributed by atoms with Crippen LogP contribution in [0.3, 0.4) is 0 Å². The summed E-state index contributed by atoms with van der Waals surface area (Å²) in [5.74, 6) is -1.53. The van der Waals surface area contributed by atoms with E-state index in [-0.39, 0.29) is 71.7 Å². The second kappa shape index (κ2) is 19.0. The van der Waals surface area contributed by atoms with Crippen molar-refractivity contribution in [1.82, 2.24) is 5.01 Å². The number of aliphatic hydroxyl groups is 1. The van der Waals surface area contributed by atoms with Crippen LogP contribution >= 0.6 is 0 Å². The largest absolute Gasteiger partial charge is 0.507 e. The van der Waals surface area contributed by atoms with Crippen LogP contribution in [-0.4, -0.2) is 98.6 Å². The molecule has 3 aromatic rings. The molecular formula is C56H70N4O12. The number of allylic oxidation sites excluding steroid dienone is 2. The Balaban J connectivity index is 1.20. The van der Waals surface area contributed by atoms with Gasteiger partial charge in [0.05, 0.1) is 46.7 Å². The van der Waals surface area contributed by atoms with Crippen molar-refractivity contribution in [2.24, 2.45) is 10.5 Å². The van der Waals surface area contributed by atoms with Gasteiger partial charge in [0.1, 0.15) is 42.0 Å². The van der Waals surface area contributed by atoms with Crippen LogP contribution < -0.4 is 19.7 Å². The van der Waals surface area contributed by atoms with Gasteiger partial charge in [0.25, 0.3) is 5.91 Å². The molecule has 4 aliphatic rings. The highest BCUT2D eigenvalue weighted by molar-refractivity contribution is 6.44. The zero-order valence-electron chi connectivity index (χ0n) is 44.5. The minimum absolute atomic E-state index is 0.00785. The Hall–Kier alpha value is -6.84. The molecule has 16 heteroatoms. The number of Topliss-reactive ketones (excluding diaryl/α,β-unsaturated/α-hetero) is 1. The minimum Gasteiger partial charge on any atom is -0.507 e. The van der Waals surface area contributed by atoms with Crippen molar-refractivity contribution in [3.8, 4) is 23.0 Å². The number of aromatic hydroxyl groups is 2. The minimum atomic E-state index is -1.33. The smallest absolute Gasteiger partial charge is 0.350 e. The fourth-order valence-electron chi connectivity index (χ4n) is 9.59. The van der Waals surface area contributed by atoms with E-state index in [1.54, 1.807) is 66.7 Å². The normalized spacial score (nSPS) is 20.8. The fourth-order valence-corrected chi connectivity index (χ4v) is 9.59. The Bertz CT molecular complexity index is 2830. The first-order valence-corrected chi connectivity index (χ1v) is 24.7. The monoisotopic (exact) mass is 990 g/mol. The highest BCUT2D eigenvalue weighted by atomic mass is 16.6. The third-order valence-electron chi connectivity index (χ3n) is 15.3. The number of nitrogens with zero attached hydrogens (tertiary/aromatic N) is 3. The fraction of sp³-hybridized carbons (Fsp3) is 0.500. The summed E-state index contributed by atoms with van der Waals surface area (Å²) in [4.78, 5) is 71.4. The standard InChI is InChI=1S/C56H70N4O12/c1-16-54(12,13)50(66)57-39-27-35(17-18-38(39)41-45(63)42(46(41)64)40-34(8)58-60(49(40)65)53(9,10)11)59(23-25-69-51(67)55(14)21-19-36-32(6)43(61)28(2)30(4)47(36)71-55)24-26-70-52(68)56(15)22-20-37-33(7)44(62)29(3)31(5)48(37)72-56/h17-18,27,61-63H,16,19-26H2,1-15H3,(H,57,66).